The molecule has 0 spiro atoms. The van der Waals surface area contributed by atoms with Gasteiger partial charge in [-0.1, -0.05) is 13.8 Å². The highest BCUT2D eigenvalue weighted by Crippen LogP contribution is 2.11. The number of hydrogen-bond acceptors (Lipinski definition) is 4. The molecule has 6 heteroatoms. The lowest BCUT2D eigenvalue weighted by Gasteiger charge is -2.22. The lowest BCUT2D eigenvalue weighted by atomic mass is 10.0. The van der Waals surface area contributed by atoms with Crippen LogP contribution in [0.1, 0.15) is 46.5 Å². The fourth-order valence-electron chi connectivity index (χ4n) is 2.75. The summed E-state index contributed by atoms with van der Waals surface area (Å²) in [6.07, 6.45) is 4.68. The Morgan fingerprint density at radius 1 is 1.21 bits per heavy atom. The highest BCUT2D eigenvalue weighted by atomic mass is 16.5. The third-order valence-corrected chi connectivity index (χ3v) is 4.20. The number of nitrogens with zero attached hydrogens (tertiary/aromatic N) is 1. The number of rotatable bonds is 11. The summed E-state index contributed by atoms with van der Waals surface area (Å²) in [5.74, 6) is 1.38. The van der Waals surface area contributed by atoms with E-state index in [1.54, 1.807) is 7.05 Å². The molecule has 0 saturated carbocycles. The van der Waals surface area contributed by atoms with Gasteiger partial charge in [-0.2, -0.15) is 0 Å². The Bertz CT molecular complexity index is 331. The topological polar surface area (TPSA) is 64.1 Å². The molecule has 1 aliphatic rings. The Kier molecular flexibility index (Phi) is 11.9. The van der Waals surface area contributed by atoms with E-state index in [1.165, 1.54) is 0 Å². The normalized spacial score (nSPS) is 18.0. The average Bonchev–Trinajstić information content (AvgIpc) is 2.59. The summed E-state index contributed by atoms with van der Waals surface area (Å²) in [6, 6.07) is 0. The molecule has 0 aromatic rings. The molecule has 1 unspecified atom stereocenters. The van der Waals surface area contributed by atoms with Crippen molar-refractivity contribution >= 4 is 5.96 Å². The van der Waals surface area contributed by atoms with Gasteiger partial charge in [-0.05, 0) is 38.5 Å². The Labute approximate surface area is 147 Å². The van der Waals surface area contributed by atoms with E-state index in [-0.39, 0.29) is 0 Å². The summed E-state index contributed by atoms with van der Waals surface area (Å²) in [7, 11) is 1.80. The molecule has 1 aliphatic heterocycles. The maximum Gasteiger partial charge on any atom is 0.190 e. The zero-order valence-corrected chi connectivity index (χ0v) is 16.0. The molecule has 1 saturated heterocycles. The Morgan fingerprint density at radius 2 is 1.92 bits per heavy atom. The number of ether oxygens (including phenoxy) is 3. The highest BCUT2D eigenvalue weighted by Gasteiger charge is 2.14. The molecule has 1 atom stereocenters. The first kappa shape index (κ1) is 21.2. The van der Waals surface area contributed by atoms with Crippen LogP contribution in [0.25, 0.3) is 0 Å². The van der Waals surface area contributed by atoms with Crippen LogP contribution >= 0.6 is 0 Å². The number of hydrogen-bond donors (Lipinski definition) is 2. The fourth-order valence-corrected chi connectivity index (χ4v) is 2.75. The van der Waals surface area contributed by atoms with Gasteiger partial charge in [0.25, 0.3) is 0 Å². The molecule has 0 aliphatic carbocycles. The van der Waals surface area contributed by atoms with E-state index in [4.69, 9.17) is 14.2 Å². The van der Waals surface area contributed by atoms with Gasteiger partial charge < -0.3 is 24.8 Å². The van der Waals surface area contributed by atoms with E-state index < -0.39 is 0 Å². The Hall–Kier alpha value is -0.850. The monoisotopic (exact) mass is 343 g/mol. The Morgan fingerprint density at radius 3 is 2.54 bits per heavy atom. The third-order valence-electron chi connectivity index (χ3n) is 4.20. The van der Waals surface area contributed by atoms with Crippen molar-refractivity contribution in [3.05, 3.63) is 0 Å². The summed E-state index contributed by atoms with van der Waals surface area (Å²) in [5.41, 5.74) is 0. The summed E-state index contributed by atoms with van der Waals surface area (Å²) in [6.45, 7) is 11.4. The quantitative estimate of drug-likeness (QED) is 0.342. The van der Waals surface area contributed by atoms with Gasteiger partial charge in [0.2, 0.25) is 0 Å². The largest absolute Gasteiger partial charge is 0.381 e. The summed E-state index contributed by atoms with van der Waals surface area (Å²) in [5, 5.41) is 6.69. The van der Waals surface area contributed by atoms with E-state index in [1.807, 2.05) is 6.92 Å². The molecule has 1 heterocycles. The minimum absolute atomic E-state index is 0.300. The minimum Gasteiger partial charge on any atom is -0.381 e. The van der Waals surface area contributed by atoms with Gasteiger partial charge in [-0.25, -0.2) is 0 Å². The molecule has 0 aromatic carbocycles. The van der Waals surface area contributed by atoms with Crippen molar-refractivity contribution in [1.29, 1.82) is 0 Å². The molecule has 0 aromatic heterocycles. The van der Waals surface area contributed by atoms with Gasteiger partial charge in [0.15, 0.2) is 5.96 Å². The van der Waals surface area contributed by atoms with Crippen molar-refractivity contribution in [3.8, 4) is 0 Å². The van der Waals surface area contributed by atoms with Crippen LogP contribution in [0.2, 0.25) is 0 Å². The Balaban J connectivity index is 2.07. The maximum atomic E-state index is 5.87. The van der Waals surface area contributed by atoms with Crippen LogP contribution in [-0.4, -0.2) is 64.7 Å². The summed E-state index contributed by atoms with van der Waals surface area (Å²) < 4.78 is 17.0. The molecule has 0 bridgehead atoms. The van der Waals surface area contributed by atoms with Crippen molar-refractivity contribution < 1.29 is 14.2 Å². The molecule has 2 N–H and O–H groups in total. The number of aliphatic imine (C=N–C) groups is 1. The molecule has 6 nitrogen and oxygen atoms in total. The maximum absolute atomic E-state index is 5.87. The van der Waals surface area contributed by atoms with Gasteiger partial charge in [0.1, 0.15) is 0 Å². The van der Waals surface area contributed by atoms with E-state index in [0.717, 1.165) is 71.2 Å². The van der Waals surface area contributed by atoms with Crippen LogP contribution in [-0.2, 0) is 14.2 Å². The highest BCUT2D eigenvalue weighted by molar-refractivity contribution is 5.79. The first-order valence-corrected chi connectivity index (χ1v) is 9.42. The van der Waals surface area contributed by atoms with Gasteiger partial charge in [0.05, 0.1) is 12.2 Å². The van der Waals surface area contributed by atoms with Gasteiger partial charge in [0, 0.05) is 46.6 Å². The second-order valence-electron chi connectivity index (χ2n) is 6.49. The van der Waals surface area contributed by atoms with Gasteiger partial charge in [-0.15, -0.1) is 0 Å². The first-order valence-electron chi connectivity index (χ1n) is 9.42. The van der Waals surface area contributed by atoms with Crippen molar-refractivity contribution in [1.82, 2.24) is 10.6 Å². The smallest absolute Gasteiger partial charge is 0.190 e. The lowest BCUT2D eigenvalue weighted by Crippen LogP contribution is -2.40. The predicted octanol–water partition coefficient (Wildman–Crippen LogP) is 2.19. The van der Waals surface area contributed by atoms with Crippen LogP contribution in [0.15, 0.2) is 4.99 Å². The fraction of sp³-hybridized carbons (Fsp3) is 0.944. The van der Waals surface area contributed by atoms with Crippen molar-refractivity contribution in [2.75, 3.05) is 46.6 Å². The zero-order valence-electron chi connectivity index (χ0n) is 16.0. The third kappa shape index (κ3) is 9.45. The van der Waals surface area contributed by atoms with Crippen LogP contribution in [0.4, 0.5) is 0 Å². The van der Waals surface area contributed by atoms with Crippen molar-refractivity contribution in [2.45, 2.75) is 58.7 Å². The molecule has 0 radical (unpaired) electrons. The molecular formula is C18H37N3O3. The second-order valence-corrected chi connectivity index (χ2v) is 6.49. The molecule has 142 valence electrons. The van der Waals surface area contributed by atoms with E-state index in [0.29, 0.717) is 18.1 Å². The van der Waals surface area contributed by atoms with Crippen LogP contribution in [0.5, 0.6) is 0 Å². The van der Waals surface area contributed by atoms with Gasteiger partial charge in [-0.3, -0.25) is 4.99 Å². The minimum atomic E-state index is 0.300. The SMILES string of the molecule is CCOC(CCNC(=NC)NCCCOC1CCOCC1)C(C)C. The first-order chi connectivity index (χ1) is 11.7. The standard InChI is InChI=1S/C18H37N3O3/c1-5-23-17(15(2)3)7-11-21-18(19-4)20-10-6-12-24-16-8-13-22-14-9-16/h15-17H,5-14H2,1-4H3,(H2,19,20,21). The lowest BCUT2D eigenvalue weighted by molar-refractivity contribution is -0.0320. The van der Waals surface area contributed by atoms with Crippen molar-refractivity contribution in [3.63, 3.8) is 0 Å². The average molecular weight is 344 g/mol. The van der Waals surface area contributed by atoms with E-state index in [2.05, 4.69) is 29.5 Å². The van der Waals surface area contributed by atoms with E-state index in [9.17, 15) is 0 Å². The molecule has 1 fully saturated rings. The van der Waals surface area contributed by atoms with Gasteiger partial charge >= 0.3 is 0 Å². The number of nitrogens with one attached hydrogen (secondary N) is 2. The molecular weight excluding hydrogens is 306 g/mol. The van der Waals surface area contributed by atoms with Crippen LogP contribution in [0, 0.1) is 5.92 Å². The summed E-state index contributed by atoms with van der Waals surface area (Å²) in [4.78, 5) is 4.26. The molecule has 0 amide bonds. The second kappa shape index (κ2) is 13.4. The zero-order chi connectivity index (χ0) is 17.6. The number of guanidine groups is 1. The predicted molar refractivity (Wildman–Crippen MR) is 98.6 cm³/mol. The molecule has 24 heavy (non-hydrogen) atoms. The molecule has 1 rings (SSSR count). The van der Waals surface area contributed by atoms with Crippen LogP contribution in [0.3, 0.4) is 0 Å². The summed E-state index contributed by atoms with van der Waals surface area (Å²) >= 11 is 0. The van der Waals surface area contributed by atoms with E-state index >= 15 is 0 Å². The van der Waals surface area contributed by atoms with Crippen LogP contribution < -0.4 is 10.6 Å². The van der Waals surface area contributed by atoms with Crippen molar-refractivity contribution in [2.24, 2.45) is 10.9 Å².